The summed E-state index contributed by atoms with van der Waals surface area (Å²) in [4.78, 5) is 26.5. The summed E-state index contributed by atoms with van der Waals surface area (Å²) < 4.78 is 35.7. The highest BCUT2D eigenvalue weighted by atomic mass is 19.1. The van der Waals surface area contributed by atoms with E-state index in [1.165, 1.54) is 9.58 Å². The van der Waals surface area contributed by atoms with Gasteiger partial charge in [-0.1, -0.05) is 0 Å². The fraction of sp³-hybridized carbons (Fsp3) is 0.500. The van der Waals surface area contributed by atoms with Crippen LogP contribution in [-0.2, 0) is 13.6 Å². The van der Waals surface area contributed by atoms with Crippen molar-refractivity contribution >= 4 is 5.91 Å². The number of likely N-dealkylation sites (tertiary alicyclic amines) is 1. The fourth-order valence-corrected chi connectivity index (χ4v) is 3.55. The van der Waals surface area contributed by atoms with Gasteiger partial charge in [-0.3, -0.25) is 9.36 Å². The number of hydrogen-bond donors (Lipinski definition) is 0. The smallest absolute Gasteiger partial charge is 0.345 e. The number of methoxy groups -OCH3 is 1. The van der Waals surface area contributed by atoms with Crippen molar-refractivity contribution in [3.63, 3.8) is 0 Å². The number of amides is 1. The SMILES string of the molecule is CCn1c(C2CCCN(C(=O)c3ccc(F)c(OC)c3F)C2)nn(C)c1=O. The van der Waals surface area contributed by atoms with Crippen LogP contribution in [0.25, 0.3) is 0 Å². The molecule has 9 heteroatoms. The van der Waals surface area contributed by atoms with E-state index in [1.807, 2.05) is 6.92 Å². The first-order valence-electron chi connectivity index (χ1n) is 8.84. The second-order valence-electron chi connectivity index (χ2n) is 6.54. The number of rotatable bonds is 4. The molecule has 3 rings (SSSR count). The Kier molecular flexibility index (Phi) is 5.29. The number of carbonyl (C=O) groups excluding carboxylic acids is 1. The number of hydrogen-bond acceptors (Lipinski definition) is 4. The number of aromatic nitrogens is 3. The molecule has 1 aliphatic heterocycles. The van der Waals surface area contributed by atoms with Gasteiger partial charge in [0.15, 0.2) is 17.4 Å². The highest BCUT2D eigenvalue weighted by Crippen LogP contribution is 2.29. The van der Waals surface area contributed by atoms with Gasteiger partial charge in [-0.15, -0.1) is 0 Å². The van der Waals surface area contributed by atoms with Gasteiger partial charge in [-0.05, 0) is 31.9 Å². The molecule has 1 aromatic carbocycles. The first kappa shape index (κ1) is 19.1. The summed E-state index contributed by atoms with van der Waals surface area (Å²) >= 11 is 0. The largest absolute Gasteiger partial charge is 0.491 e. The molecule has 0 radical (unpaired) electrons. The van der Waals surface area contributed by atoms with Crippen LogP contribution in [0.2, 0.25) is 0 Å². The molecule has 1 atom stereocenters. The van der Waals surface area contributed by atoms with Crippen molar-refractivity contribution in [3.8, 4) is 5.75 Å². The van der Waals surface area contributed by atoms with Crippen LogP contribution in [0.5, 0.6) is 5.75 Å². The second kappa shape index (κ2) is 7.50. The number of piperidine rings is 1. The number of aryl methyl sites for hydroxylation is 1. The van der Waals surface area contributed by atoms with E-state index >= 15 is 0 Å². The molecule has 1 fully saturated rings. The Balaban J connectivity index is 1.88. The summed E-state index contributed by atoms with van der Waals surface area (Å²) in [5.74, 6) is -2.46. The predicted octanol–water partition coefficient (Wildman–Crippen LogP) is 1.91. The molecule has 0 saturated carbocycles. The summed E-state index contributed by atoms with van der Waals surface area (Å²) in [5.41, 5.74) is -0.437. The van der Waals surface area contributed by atoms with Crippen LogP contribution >= 0.6 is 0 Å². The van der Waals surface area contributed by atoms with E-state index < -0.39 is 23.3 Å². The maximum absolute atomic E-state index is 14.5. The summed E-state index contributed by atoms with van der Waals surface area (Å²) in [6.45, 7) is 3.11. The van der Waals surface area contributed by atoms with Crippen LogP contribution in [0, 0.1) is 11.6 Å². The molecule has 0 N–H and O–H groups in total. The van der Waals surface area contributed by atoms with Crippen LogP contribution in [-0.4, -0.2) is 45.4 Å². The third-order valence-electron chi connectivity index (χ3n) is 4.91. The van der Waals surface area contributed by atoms with Crippen molar-refractivity contribution in [2.75, 3.05) is 20.2 Å². The van der Waals surface area contributed by atoms with Gasteiger partial charge >= 0.3 is 5.69 Å². The molecule has 0 aliphatic carbocycles. The van der Waals surface area contributed by atoms with Gasteiger partial charge < -0.3 is 9.64 Å². The molecular formula is C18H22F2N4O3. The van der Waals surface area contributed by atoms with E-state index in [2.05, 4.69) is 5.10 Å². The summed E-state index contributed by atoms with van der Waals surface area (Å²) in [6, 6.07) is 2.14. The van der Waals surface area contributed by atoms with Crippen LogP contribution in [0.3, 0.4) is 0 Å². The number of ether oxygens (including phenoxy) is 1. The first-order valence-corrected chi connectivity index (χ1v) is 8.84. The lowest BCUT2D eigenvalue weighted by Crippen LogP contribution is -2.40. The molecule has 1 amide bonds. The van der Waals surface area contributed by atoms with E-state index in [0.29, 0.717) is 31.9 Å². The molecule has 1 saturated heterocycles. The predicted molar refractivity (Wildman–Crippen MR) is 93.9 cm³/mol. The fourth-order valence-electron chi connectivity index (χ4n) is 3.55. The van der Waals surface area contributed by atoms with Gasteiger partial charge in [-0.2, -0.15) is 5.10 Å². The maximum Gasteiger partial charge on any atom is 0.345 e. The van der Waals surface area contributed by atoms with Gasteiger partial charge in [0.05, 0.1) is 12.7 Å². The van der Waals surface area contributed by atoms with Crippen molar-refractivity contribution in [3.05, 3.63) is 45.6 Å². The molecule has 0 bridgehead atoms. The van der Waals surface area contributed by atoms with E-state index in [4.69, 9.17) is 4.74 Å². The molecular weight excluding hydrogens is 358 g/mol. The second-order valence-corrected chi connectivity index (χ2v) is 6.54. The average molecular weight is 380 g/mol. The van der Waals surface area contributed by atoms with E-state index in [0.717, 1.165) is 25.7 Å². The minimum Gasteiger partial charge on any atom is -0.491 e. The highest BCUT2D eigenvalue weighted by molar-refractivity contribution is 5.95. The zero-order valence-corrected chi connectivity index (χ0v) is 15.5. The summed E-state index contributed by atoms with van der Waals surface area (Å²) in [5, 5.41) is 4.31. The lowest BCUT2D eigenvalue weighted by Gasteiger charge is -2.32. The number of carbonyl (C=O) groups is 1. The topological polar surface area (TPSA) is 69.4 Å². The van der Waals surface area contributed by atoms with Gasteiger partial charge in [0.2, 0.25) is 0 Å². The number of benzene rings is 1. The molecule has 27 heavy (non-hydrogen) atoms. The Bertz CT molecular complexity index is 922. The zero-order valence-electron chi connectivity index (χ0n) is 15.5. The Morgan fingerprint density at radius 1 is 1.37 bits per heavy atom. The Hall–Kier alpha value is -2.71. The number of halogens is 2. The average Bonchev–Trinajstić information content (AvgIpc) is 2.96. The van der Waals surface area contributed by atoms with Crippen molar-refractivity contribution < 1.29 is 18.3 Å². The minimum absolute atomic E-state index is 0.123. The van der Waals surface area contributed by atoms with Crippen molar-refractivity contribution in [1.29, 1.82) is 0 Å². The van der Waals surface area contributed by atoms with Crippen molar-refractivity contribution in [1.82, 2.24) is 19.2 Å². The highest BCUT2D eigenvalue weighted by Gasteiger charge is 2.31. The molecule has 146 valence electrons. The molecule has 7 nitrogen and oxygen atoms in total. The molecule has 2 aromatic rings. The summed E-state index contributed by atoms with van der Waals surface area (Å²) in [7, 11) is 2.74. The molecule has 0 spiro atoms. The third-order valence-corrected chi connectivity index (χ3v) is 4.91. The van der Waals surface area contributed by atoms with Crippen molar-refractivity contribution in [2.24, 2.45) is 7.05 Å². The van der Waals surface area contributed by atoms with E-state index in [9.17, 15) is 18.4 Å². The summed E-state index contributed by atoms with van der Waals surface area (Å²) in [6.07, 6.45) is 1.47. The van der Waals surface area contributed by atoms with E-state index in [-0.39, 0.29) is 17.2 Å². The normalized spacial score (nSPS) is 17.2. The van der Waals surface area contributed by atoms with Crippen LogP contribution in [0.1, 0.15) is 41.9 Å². The third kappa shape index (κ3) is 3.33. The first-order chi connectivity index (χ1) is 12.9. The monoisotopic (exact) mass is 380 g/mol. The van der Waals surface area contributed by atoms with E-state index in [1.54, 1.807) is 11.6 Å². The molecule has 1 aliphatic rings. The van der Waals surface area contributed by atoms with Gasteiger partial charge in [0.1, 0.15) is 5.82 Å². The van der Waals surface area contributed by atoms with Gasteiger partial charge in [-0.25, -0.2) is 18.3 Å². The number of nitrogens with zero attached hydrogens (tertiary/aromatic N) is 4. The zero-order chi connectivity index (χ0) is 19.7. The maximum atomic E-state index is 14.5. The quantitative estimate of drug-likeness (QED) is 0.813. The molecule has 2 heterocycles. The van der Waals surface area contributed by atoms with Gasteiger partial charge in [0.25, 0.3) is 5.91 Å². The molecule has 1 unspecified atom stereocenters. The van der Waals surface area contributed by atoms with Crippen LogP contribution < -0.4 is 10.4 Å². The van der Waals surface area contributed by atoms with Crippen LogP contribution in [0.15, 0.2) is 16.9 Å². The lowest BCUT2D eigenvalue weighted by atomic mass is 9.96. The Morgan fingerprint density at radius 2 is 2.11 bits per heavy atom. The standard InChI is InChI=1S/C18H22F2N4O3/c1-4-24-16(21-22(2)18(24)26)11-6-5-9-23(10-11)17(25)12-7-8-13(19)15(27-3)14(12)20/h7-8,11H,4-6,9-10H2,1-3H3. The minimum atomic E-state index is -1.01. The van der Waals surface area contributed by atoms with Gasteiger partial charge in [0, 0.05) is 32.6 Å². The lowest BCUT2D eigenvalue weighted by molar-refractivity contribution is 0.0697. The van der Waals surface area contributed by atoms with Crippen LogP contribution in [0.4, 0.5) is 8.78 Å². The Morgan fingerprint density at radius 3 is 2.78 bits per heavy atom. The van der Waals surface area contributed by atoms with Crippen molar-refractivity contribution in [2.45, 2.75) is 32.2 Å². The Labute approximate surface area is 155 Å². The molecule has 1 aromatic heterocycles.